The largest absolute Gasteiger partial charge is 0.494 e. The summed E-state index contributed by atoms with van der Waals surface area (Å²) >= 11 is 0. The Kier molecular flexibility index (Phi) is 5.22. The zero-order valence-corrected chi connectivity index (χ0v) is 17.9. The molecule has 0 bridgehead atoms. The molecule has 2 aromatic carbocycles. The Bertz CT molecular complexity index is 1330. The fourth-order valence-corrected chi connectivity index (χ4v) is 4.42. The molecular weight excluding hydrogens is 398 g/mol. The van der Waals surface area contributed by atoms with E-state index in [2.05, 4.69) is 9.71 Å². The van der Waals surface area contributed by atoms with Crippen LogP contribution in [-0.2, 0) is 10.0 Å². The smallest absolute Gasteiger partial charge is 0.261 e. The standard InChI is InChI=1S/C23H23N3O3S/c1-4-29-22-9-8-20(13-17(22)3)30(27,28)25-19-7-5-6-18(14-19)21-15-26-11-10-16(2)12-23(26)24-21/h5-15,25H,4H2,1-3H3. The summed E-state index contributed by atoms with van der Waals surface area (Å²) in [4.78, 5) is 4.84. The first-order chi connectivity index (χ1) is 14.4. The Morgan fingerprint density at radius 1 is 1.07 bits per heavy atom. The van der Waals surface area contributed by atoms with Gasteiger partial charge in [-0.25, -0.2) is 13.4 Å². The number of hydrogen-bond donors (Lipinski definition) is 1. The van der Waals surface area contributed by atoms with Crippen molar-refractivity contribution in [2.24, 2.45) is 0 Å². The van der Waals surface area contributed by atoms with Gasteiger partial charge in [-0.3, -0.25) is 4.72 Å². The van der Waals surface area contributed by atoms with E-state index in [0.717, 1.165) is 28.0 Å². The molecule has 0 amide bonds. The number of pyridine rings is 1. The highest BCUT2D eigenvalue weighted by atomic mass is 32.2. The summed E-state index contributed by atoms with van der Waals surface area (Å²) in [6, 6.07) is 16.1. The van der Waals surface area contributed by atoms with E-state index in [1.807, 2.05) is 61.8 Å². The van der Waals surface area contributed by atoms with Crippen LogP contribution in [0, 0.1) is 13.8 Å². The minimum atomic E-state index is -3.73. The molecule has 6 nitrogen and oxygen atoms in total. The van der Waals surface area contributed by atoms with E-state index < -0.39 is 10.0 Å². The fourth-order valence-electron chi connectivity index (χ4n) is 3.29. The first-order valence-electron chi connectivity index (χ1n) is 9.68. The molecule has 0 saturated heterocycles. The van der Waals surface area contributed by atoms with Crippen LogP contribution in [0.15, 0.2) is 71.9 Å². The second kappa shape index (κ2) is 7.84. The molecule has 30 heavy (non-hydrogen) atoms. The van der Waals surface area contributed by atoms with Crippen molar-refractivity contribution in [2.75, 3.05) is 11.3 Å². The third kappa shape index (κ3) is 4.02. The number of aryl methyl sites for hydroxylation is 2. The molecule has 0 atom stereocenters. The quantitative estimate of drug-likeness (QED) is 0.485. The lowest BCUT2D eigenvalue weighted by Gasteiger charge is -2.12. The number of imidazole rings is 1. The number of ether oxygens (including phenoxy) is 1. The van der Waals surface area contributed by atoms with E-state index in [-0.39, 0.29) is 4.90 Å². The molecule has 0 fully saturated rings. The summed E-state index contributed by atoms with van der Waals surface area (Å²) in [6.45, 7) is 6.27. The molecule has 0 aliphatic carbocycles. The van der Waals surface area contributed by atoms with Gasteiger partial charge in [-0.15, -0.1) is 0 Å². The van der Waals surface area contributed by atoms with Crippen LogP contribution in [0.25, 0.3) is 16.9 Å². The number of rotatable bonds is 6. The average molecular weight is 422 g/mol. The molecule has 0 unspecified atom stereocenters. The number of hydrogen-bond acceptors (Lipinski definition) is 4. The van der Waals surface area contributed by atoms with Crippen LogP contribution in [0.3, 0.4) is 0 Å². The number of aromatic nitrogens is 2. The molecule has 0 saturated carbocycles. The number of benzene rings is 2. The zero-order valence-electron chi connectivity index (χ0n) is 17.1. The maximum atomic E-state index is 12.9. The third-order valence-corrected chi connectivity index (χ3v) is 6.16. The SMILES string of the molecule is CCOc1ccc(S(=O)(=O)Nc2cccc(-c3cn4ccc(C)cc4n3)c2)cc1C. The van der Waals surface area contributed by atoms with Crippen LogP contribution in [-0.4, -0.2) is 24.4 Å². The van der Waals surface area contributed by atoms with Crippen LogP contribution in [0.4, 0.5) is 5.69 Å². The Morgan fingerprint density at radius 3 is 2.67 bits per heavy atom. The van der Waals surface area contributed by atoms with E-state index in [1.54, 1.807) is 30.3 Å². The van der Waals surface area contributed by atoms with Gasteiger partial charge in [-0.1, -0.05) is 12.1 Å². The second-order valence-electron chi connectivity index (χ2n) is 7.14. The second-order valence-corrected chi connectivity index (χ2v) is 8.82. The van der Waals surface area contributed by atoms with Gasteiger partial charge in [0.15, 0.2) is 0 Å². The lowest BCUT2D eigenvalue weighted by atomic mass is 10.1. The Labute approximate surface area is 176 Å². The summed E-state index contributed by atoms with van der Waals surface area (Å²) in [5.41, 5.74) is 4.84. The summed E-state index contributed by atoms with van der Waals surface area (Å²) in [6.07, 6.45) is 3.89. The molecule has 7 heteroatoms. The van der Waals surface area contributed by atoms with E-state index in [4.69, 9.17) is 4.74 Å². The van der Waals surface area contributed by atoms with Crippen LogP contribution < -0.4 is 9.46 Å². The lowest BCUT2D eigenvalue weighted by molar-refractivity contribution is 0.337. The van der Waals surface area contributed by atoms with Crippen molar-refractivity contribution < 1.29 is 13.2 Å². The van der Waals surface area contributed by atoms with E-state index in [9.17, 15) is 8.42 Å². The van der Waals surface area contributed by atoms with Gasteiger partial charge in [-0.05, 0) is 74.4 Å². The van der Waals surface area contributed by atoms with Gasteiger partial charge in [0.1, 0.15) is 11.4 Å². The van der Waals surface area contributed by atoms with Gasteiger partial charge in [-0.2, -0.15) is 0 Å². The molecule has 4 rings (SSSR count). The van der Waals surface area contributed by atoms with Gasteiger partial charge in [0.2, 0.25) is 0 Å². The summed E-state index contributed by atoms with van der Waals surface area (Å²) in [5.74, 6) is 0.681. The highest BCUT2D eigenvalue weighted by Crippen LogP contribution is 2.26. The topological polar surface area (TPSA) is 72.7 Å². The normalized spacial score (nSPS) is 11.6. The van der Waals surface area contributed by atoms with Gasteiger partial charge >= 0.3 is 0 Å². The van der Waals surface area contributed by atoms with Gasteiger partial charge in [0.05, 0.1) is 17.2 Å². The molecule has 1 N–H and O–H groups in total. The first-order valence-corrected chi connectivity index (χ1v) is 11.2. The summed E-state index contributed by atoms with van der Waals surface area (Å²) < 4.78 is 35.9. The summed E-state index contributed by atoms with van der Waals surface area (Å²) in [7, 11) is -3.73. The highest BCUT2D eigenvalue weighted by molar-refractivity contribution is 7.92. The molecule has 154 valence electrons. The monoisotopic (exact) mass is 421 g/mol. The van der Waals surface area contributed by atoms with Gasteiger partial charge in [0, 0.05) is 23.6 Å². The molecule has 0 aliphatic rings. The predicted molar refractivity (Wildman–Crippen MR) is 119 cm³/mol. The number of nitrogens with zero attached hydrogens (tertiary/aromatic N) is 2. The molecule has 0 spiro atoms. The van der Waals surface area contributed by atoms with Crippen molar-refractivity contribution in [3.05, 3.63) is 78.1 Å². The van der Waals surface area contributed by atoms with E-state index in [1.165, 1.54) is 0 Å². The fraction of sp³-hybridized carbons (Fsp3) is 0.174. The Hall–Kier alpha value is -3.32. The van der Waals surface area contributed by atoms with Crippen molar-refractivity contribution in [3.8, 4) is 17.0 Å². The van der Waals surface area contributed by atoms with Crippen LogP contribution in [0.1, 0.15) is 18.1 Å². The minimum absolute atomic E-state index is 0.192. The lowest BCUT2D eigenvalue weighted by Crippen LogP contribution is -2.13. The molecule has 4 aromatic rings. The van der Waals surface area contributed by atoms with Crippen molar-refractivity contribution in [1.82, 2.24) is 9.38 Å². The zero-order chi connectivity index (χ0) is 21.3. The van der Waals surface area contributed by atoms with E-state index in [0.29, 0.717) is 18.0 Å². The van der Waals surface area contributed by atoms with Crippen molar-refractivity contribution in [1.29, 1.82) is 0 Å². The Morgan fingerprint density at radius 2 is 1.90 bits per heavy atom. The average Bonchev–Trinajstić information content (AvgIpc) is 3.13. The third-order valence-electron chi connectivity index (χ3n) is 4.78. The number of nitrogens with one attached hydrogen (secondary N) is 1. The number of sulfonamides is 1. The van der Waals surface area contributed by atoms with Gasteiger partial charge < -0.3 is 9.14 Å². The highest BCUT2D eigenvalue weighted by Gasteiger charge is 2.16. The van der Waals surface area contributed by atoms with Crippen LogP contribution in [0.5, 0.6) is 5.75 Å². The maximum Gasteiger partial charge on any atom is 0.261 e. The van der Waals surface area contributed by atoms with Crippen LogP contribution >= 0.6 is 0 Å². The van der Waals surface area contributed by atoms with Crippen molar-refractivity contribution >= 4 is 21.4 Å². The van der Waals surface area contributed by atoms with Crippen LogP contribution in [0.2, 0.25) is 0 Å². The number of fused-ring (bicyclic) bond motifs is 1. The Balaban J connectivity index is 1.62. The predicted octanol–water partition coefficient (Wildman–Crippen LogP) is 4.82. The molecule has 2 heterocycles. The first kappa shape index (κ1) is 20.0. The summed E-state index contributed by atoms with van der Waals surface area (Å²) in [5, 5.41) is 0. The maximum absolute atomic E-state index is 12.9. The molecule has 0 aliphatic heterocycles. The van der Waals surface area contributed by atoms with Crippen molar-refractivity contribution in [2.45, 2.75) is 25.7 Å². The molecular formula is C23H23N3O3S. The molecule has 2 aromatic heterocycles. The van der Waals surface area contributed by atoms with E-state index >= 15 is 0 Å². The molecule has 0 radical (unpaired) electrons. The van der Waals surface area contributed by atoms with Gasteiger partial charge in [0.25, 0.3) is 10.0 Å². The number of anilines is 1. The minimum Gasteiger partial charge on any atom is -0.494 e. The van der Waals surface area contributed by atoms with Crippen molar-refractivity contribution in [3.63, 3.8) is 0 Å².